The zero-order valence-electron chi connectivity index (χ0n) is 52.9. The first-order valence-corrected chi connectivity index (χ1v) is 31.3. The zero-order valence-corrected chi connectivity index (χ0v) is 52.9. The van der Waals surface area contributed by atoms with Gasteiger partial charge in [0.25, 0.3) is 0 Å². The summed E-state index contributed by atoms with van der Waals surface area (Å²) in [5, 5.41) is 142. The van der Waals surface area contributed by atoms with Crippen molar-refractivity contribution in [1.29, 1.82) is 0 Å². The van der Waals surface area contributed by atoms with Gasteiger partial charge in [0.2, 0.25) is 0 Å². The molecule has 91 heavy (non-hydrogen) atoms. The van der Waals surface area contributed by atoms with Crippen LogP contribution in [0.25, 0.3) is 0 Å². The van der Waals surface area contributed by atoms with Crippen LogP contribution < -0.4 is 0 Å². The number of aliphatic carboxylic acids is 1. The highest BCUT2D eigenvalue weighted by Crippen LogP contribution is 2.76. The van der Waals surface area contributed by atoms with Crippen LogP contribution in [0.5, 0.6) is 0 Å². The second kappa shape index (κ2) is 26.7. The second-order valence-corrected chi connectivity index (χ2v) is 28.3. The summed E-state index contributed by atoms with van der Waals surface area (Å²) in [6.07, 6.45) is -35.7. The number of esters is 3. The molecule has 9 rings (SSSR count). The fraction of sp³-hybridized carbons (Fsp3) is 0.855. The van der Waals surface area contributed by atoms with E-state index in [0.29, 0.717) is 37.7 Å². The number of carboxylic acids is 1. The van der Waals surface area contributed by atoms with Gasteiger partial charge < -0.3 is 123 Å². The van der Waals surface area contributed by atoms with E-state index in [0.717, 1.165) is 11.9 Å². The Morgan fingerprint density at radius 1 is 0.615 bits per heavy atom. The smallest absolute Gasteiger partial charge is 0.335 e. The van der Waals surface area contributed by atoms with Gasteiger partial charge in [-0.3, -0.25) is 9.59 Å². The van der Waals surface area contributed by atoms with Crippen LogP contribution in [0.1, 0.15) is 114 Å². The Labute approximate surface area is 526 Å². The molecular weight excluding hydrogens is 1210 g/mol. The third-order valence-electron chi connectivity index (χ3n) is 22.9. The predicted molar refractivity (Wildman–Crippen MR) is 304 cm³/mol. The number of allylic oxidation sites excluding steroid dienone is 3. The lowest BCUT2D eigenvalue weighted by molar-refractivity contribution is -0.400. The molecule has 0 radical (unpaired) electrons. The molecule has 4 saturated carbocycles. The van der Waals surface area contributed by atoms with Crippen LogP contribution >= 0.6 is 0 Å². The number of carbonyl (C=O) groups is 5. The lowest BCUT2D eigenvalue weighted by Gasteiger charge is -2.72. The fourth-order valence-corrected chi connectivity index (χ4v) is 17.6. The largest absolute Gasteiger partial charge is 0.479 e. The first-order valence-electron chi connectivity index (χ1n) is 31.3. The molecule has 4 saturated heterocycles. The number of ether oxygens (including phenoxy) is 11. The molecule has 9 aliphatic rings. The summed E-state index contributed by atoms with van der Waals surface area (Å²) in [7, 11) is 0. The van der Waals surface area contributed by atoms with Gasteiger partial charge >= 0.3 is 23.9 Å². The first-order chi connectivity index (χ1) is 42.6. The van der Waals surface area contributed by atoms with Crippen molar-refractivity contribution in [1.82, 2.24) is 0 Å². The second-order valence-electron chi connectivity index (χ2n) is 28.3. The van der Waals surface area contributed by atoms with Crippen molar-refractivity contribution in [2.75, 3.05) is 26.4 Å². The molecule has 5 aliphatic carbocycles. The first kappa shape index (κ1) is 71.5. The van der Waals surface area contributed by atoms with E-state index in [1.165, 1.54) is 13.8 Å². The third-order valence-corrected chi connectivity index (χ3v) is 22.9. The highest BCUT2D eigenvalue weighted by molar-refractivity contribution is 5.87. The average Bonchev–Trinajstić information content (AvgIpc) is 0.678. The van der Waals surface area contributed by atoms with Gasteiger partial charge in [-0.05, 0) is 92.8 Å². The molecule has 0 aromatic rings. The SMILES string of the molecule is C/C=C(/C)C(=O)O[C@H]1[C@H](OC(C)=O)[C@@]2(CO)C(CC1(C)C)C1=CCC3[C@@]4(C)CC[C@H](O[C@@H]5O[C@H](C(=O)O)[C@@H](O)[C@H](O[C@@H]6OC[C@H](O)[C@H](O)[C@H]6O[C@@H]6O[C@H](CO)[C@@H](O)[C@H](O)[C@H]6O)[C@H]5O[C@@H]5O[C@H](CO)[C@H](O)[C@H](O)[C@H]5O)C(C)(C=O)C4CC[C@@]3(C)[C@]1(C)C[C@H]2OC(C)=O. The fourth-order valence-electron chi connectivity index (χ4n) is 17.6. The van der Waals surface area contributed by atoms with Crippen LogP contribution in [0, 0.1) is 50.2 Å². The molecule has 29 nitrogen and oxygen atoms in total. The minimum absolute atomic E-state index is 0.0722. The summed E-state index contributed by atoms with van der Waals surface area (Å²) < 4.78 is 67.2. The van der Waals surface area contributed by atoms with Crippen LogP contribution in [-0.2, 0) is 76.1 Å². The lowest BCUT2D eigenvalue weighted by atomic mass is 9.33. The normalized spacial score (nSPS) is 49.7. The highest BCUT2D eigenvalue weighted by Gasteiger charge is 2.75. The molecule has 0 bridgehead atoms. The van der Waals surface area contributed by atoms with E-state index in [1.807, 2.05) is 13.8 Å². The monoisotopic (exact) mass is 1300 g/mol. The molecule has 31 atom stereocenters. The Morgan fingerprint density at radius 2 is 1.20 bits per heavy atom. The topological polar surface area (TPSA) is 450 Å². The van der Waals surface area contributed by atoms with Crippen LogP contribution in [0.3, 0.4) is 0 Å². The minimum Gasteiger partial charge on any atom is -0.479 e. The maximum Gasteiger partial charge on any atom is 0.335 e. The Hall–Kier alpha value is -3.77. The van der Waals surface area contributed by atoms with Gasteiger partial charge in [-0.2, -0.15) is 0 Å². The maximum atomic E-state index is 14.3. The molecule has 4 heterocycles. The van der Waals surface area contributed by atoms with E-state index in [2.05, 4.69) is 26.8 Å². The molecule has 13 N–H and O–H groups in total. The molecule has 0 aromatic heterocycles. The number of carboxylic acid groups (broad SMARTS) is 1. The highest BCUT2D eigenvalue weighted by atomic mass is 16.8. The van der Waals surface area contributed by atoms with Crippen molar-refractivity contribution in [3.63, 3.8) is 0 Å². The van der Waals surface area contributed by atoms with Gasteiger partial charge in [-0.1, -0.05) is 59.3 Å². The van der Waals surface area contributed by atoms with Gasteiger partial charge in [0.05, 0.1) is 43.4 Å². The Morgan fingerprint density at radius 3 is 1.74 bits per heavy atom. The van der Waals surface area contributed by atoms with Crippen molar-refractivity contribution in [3.8, 4) is 0 Å². The number of hydrogen-bond acceptors (Lipinski definition) is 28. The van der Waals surface area contributed by atoms with Crippen molar-refractivity contribution in [3.05, 3.63) is 23.3 Å². The minimum atomic E-state index is -2.33. The Balaban J connectivity index is 1.07. The number of aliphatic hydroxyl groups excluding tert-OH is 12. The maximum absolute atomic E-state index is 14.3. The summed E-state index contributed by atoms with van der Waals surface area (Å²) >= 11 is 0. The van der Waals surface area contributed by atoms with Gasteiger partial charge in [-0.15, -0.1) is 0 Å². The van der Waals surface area contributed by atoms with Crippen LogP contribution in [0.15, 0.2) is 23.3 Å². The number of fused-ring (bicyclic) bond motifs is 7. The van der Waals surface area contributed by atoms with Crippen LogP contribution in [0.2, 0.25) is 0 Å². The van der Waals surface area contributed by atoms with E-state index in [1.54, 1.807) is 26.8 Å². The van der Waals surface area contributed by atoms with Gasteiger partial charge in [-0.25, -0.2) is 9.59 Å². The van der Waals surface area contributed by atoms with Crippen molar-refractivity contribution in [2.45, 2.75) is 255 Å². The van der Waals surface area contributed by atoms with Crippen LogP contribution in [0.4, 0.5) is 0 Å². The van der Waals surface area contributed by atoms with Crippen molar-refractivity contribution < 1.29 is 142 Å². The lowest BCUT2D eigenvalue weighted by Crippen LogP contribution is -2.73. The van der Waals surface area contributed by atoms with E-state index in [4.69, 9.17) is 52.1 Å². The number of rotatable bonds is 17. The number of hydrogen-bond donors (Lipinski definition) is 13. The quantitative estimate of drug-likeness (QED) is 0.0186. The average molecular weight is 1300 g/mol. The number of aliphatic hydroxyl groups is 12. The van der Waals surface area contributed by atoms with E-state index >= 15 is 0 Å². The van der Waals surface area contributed by atoms with Gasteiger partial charge in [0, 0.05) is 24.8 Å². The van der Waals surface area contributed by atoms with E-state index < -0.39 is 236 Å². The molecule has 4 aliphatic heterocycles. The molecule has 8 fully saturated rings. The van der Waals surface area contributed by atoms with Crippen molar-refractivity contribution in [2.24, 2.45) is 50.2 Å². The third kappa shape index (κ3) is 12.1. The number of aldehydes is 1. The zero-order chi connectivity index (χ0) is 67.2. The molecule has 0 amide bonds. The molecule has 0 spiro atoms. The number of carbonyl (C=O) groups excluding carboxylic acids is 4. The Bertz CT molecular complexity index is 2720. The summed E-state index contributed by atoms with van der Waals surface area (Å²) in [5.74, 6) is -5.11. The molecule has 0 aromatic carbocycles. The standard InChI is InChI=1S/C62H94O29/c1-11-25(2)52(80)91-49-50(83-27(4)68)62(24-66)29(18-57(49,5)6)28-12-13-34-58(7)16-15-35(59(8,23-65)33(58)14-17-60(34,9)61(28,10)19-36(62)82-26(3)67)86-56-48(90-54-43(76)41(74)39(72)32(21-64)85-54)45(44(77)46(88-56)51(78)79)87-55-47(37(70)30(69)22-81-55)89-53-42(75)40(73)38(71)31(20-63)84-53/h11-12,23,29-50,53-56,63-64,66,69-77H,13-22,24H2,1-10H3,(H,78,79)/b25-11-/t29?,30-,31+,32+,33?,34?,35-,36+,37-,38+,39-,40-,41-,42+,43+,44-,45-,46-,47+,48+,49-,50-,53-,54-,55-,56+,58-,59?,60+,61+,62-/m0/s1. The summed E-state index contributed by atoms with van der Waals surface area (Å²) in [5.41, 5.74) is -4.75. The molecular formula is C62H94O29. The molecule has 516 valence electrons. The summed E-state index contributed by atoms with van der Waals surface area (Å²) in [4.78, 5) is 67.8. The molecule has 4 unspecified atom stereocenters. The summed E-state index contributed by atoms with van der Waals surface area (Å²) in [6, 6.07) is 0. The van der Waals surface area contributed by atoms with Crippen LogP contribution in [-0.4, -0.2) is 264 Å². The van der Waals surface area contributed by atoms with Crippen molar-refractivity contribution >= 4 is 30.2 Å². The summed E-state index contributed by atoms with van der Waals surface area (Å²) in [6.45, 7) is 14.6. The van der Waals surface area contributed by atoms with Gasteiger partial charge in [0.15, 0.2) is 37.4 Å². The van der Waals surface area contributed by atoms with E-state index in [9.17, 15) is 90.4 Å². The van der Waals surface area contributed by atoms with Gasteiger partial charge in [0.1, 0.15) is 104 Å². The van der Waals surface area contributed by atoms with E-state index in [-0.39, 0.29) is 18.8 Å². The molecule has 29 heteroatoms. The Kier molecular flexibility index (Phi) is 21.0. The predicted octanol–water partition coefficient (Wildman–Crippen LogP) is -2.08.